The largest absolute Gasteiger partial charge is 0.497 e. The first-order chi connectivity index (χ1) is 12.9. The number of imidazole rings is 1. The van der Waals surface area contributed by atoms with Crippen LogP contribution in [0.15, 0.2) is 66.1 Å². The van der Waals surface area contributed by atoms with Crippen molar-refractivity contribution in [1.82, 2.24) is 14.3 Å². The van der Waals surface area contributed by atoms with Crippen LogP contribution in [0.5, 0.6) is 5.75 Å². The fourth-order valence-corrected chi connectivity index (χ4v) is 3.72. The molecule has 0 spiro atoms. The van der Waals surface area contributed by atoms with Crippen molar-refractivity contribution in [3.63, 3.8) is 0 Å². The van der Waals surface area contributed by atoms with Crippen molar-refractivity contribution in [2.24, 2.45) is 0 Å². The summed E-state index contributed by atoms with van der Waals surface area (Å²) in [6, 6.07) is 10.8. The van der Waals surface area contributed by atoms with E-state index in [1.54, 1.807) is 35.4 Å². The van der Waals surface area contributed by atoms with Crippen LogP contribution in [-0.4, -0.2) is 30.0 Å². The van der Waals surface area contributed by atoms with E-state index in [9.17, 15) is 18.5 Å². The topological polar surface area (TPSA) is 116 Å². The molecule has 0 amide bonds. The molecule has 2 aromatic carbocycles. The van der Waals surface area contributed by atoms with Crippen molar-refractivity contribution in [1.29, 1.82) is 0 Å². The van der Waals surface area contributed by atoms with Gasteiger partial charge in [-0.05, 0) is 23.8 Å². The van der Waals surface area contributed by atoms with Gasteiger partial charge < -0.3 is 9.30 Å². The molecule has 1 heterocycles. The molecule has 1 aromatic heterocycles. The minimum absolute atomic E-state index is 0.0418. The van der Waals surface area contributed by atoms with E-state index in [-0.39, 0.29) is 12.3 Å². The highest BCUT2D eigenvalue weighted by molar-refractivity contribution is 7.89. The van der Waals surface area contributed by atoms with Crippen molar-refractivity contribution in [3.05, 3.63) is 76.9 Å². The number of rotatable bonds is 7. The van der Waals surface area contributed by atoms with Crippen molar-refractivity contribution in [2.45, 2.75) is 11.4 Å². The molecule has 0 aliphatic carbocycles. The van der Waals surface area contributed by atoms with Crippen LogP contribution in [0.4, 0.5) is 5.69 Å². The number of sulfonamides is 1. The second-order valence-corrected chi connectivity index (χ2v) is 7.25. The summed E-state index contributed by atoms with van der Waals surface area (Å²) in [4.78, 5) is 14.1. The number of aromatic nitrogens is 2. The first-order valence-electron chi connectivity index (χ1n) is 7.80. The van der Waals surface area contributed by atoms with Crippen LogP contribution >= 0.6 is 0 Å². The number of para-hydroxylation sites is 1. The predicted molar refractivity (Wildman–Crippen MR) is 97.2 cm³/mol. The molecule has 9 nitrogen and oxygen atoms in total. The molecule has 0 bridgehead atoms. The van der Waals surface area contributed by atoms with E-state index in [0.717, 1.165) is 17.8 Å². The van der Waals surface area contributed by atoms with E-state index in [2.05, 4.69) is 9.71 Å². The zero-order valence-electron chi connectivity index (χ0n) is 14.3. The Balaban J connectivity index is 1.90. The number of hydrogen-bond acceptors (Lipinski definition) is 6. The molecule has 0 saturated heterocycles. The minimum Gasteiger partial charge on any atom is -0.497 e. The van der Waals surface area contributed by atoms with Crippen LogP contribution in [0, 0.1) is 10.1 Å². The smallest absolute Gasteiger partial charge is 0.293 e. The van der Waals surface area contributed by atoms with Crippen molar-refractivity contribution >= 4 is 15.7 Å². The van der Waals surface area contributed by atoms with E-state index in [4.69, 9.17) is 4.74 Å². The van der Waals surface area contributed by atoms with Crippen LogP contribution in [0.3, 0.4) is 0 Å². The Bertz CT molecular complexity index is 1060. The molecule has 27 heavy (non-hydrogen) atoms. The third-order valence-electron chi connectivity index (χ3n) is 3.88. The second kappa shape index (κ2) is 7.56. The maximum atomic E-state index is 12.7. The lowest BCUT2D eigenvalue weighted by Gasteiger charge is -2.12. The summed E-state index contributed by atoms with van der Waals surface area (Å²) in [5, 5.41) is 11.3. The van der Waals surface area contributed by atoms with Gasteiger partial charge in [-0.15, -0.1) is 0 Å². The lowest BCUT2D eigenvalue weighted by molar-refractivity contribution is -0.387. The monoisotopic (exact) mass is 388 g/mol. The predicted octanol–water partition coefficient (Wildman–Crippen LogP) is 2.27. The first kappa shape index (κ1) is 18.5. The van der Waals surface area contributed by atoms with Crippen LogP contribution in [0.2, 0.25) is 0 Å². The number of nitrogens with one attached hydrogen (secondary N) is 1. The van der Waals surface area contributed by atoms with Crippen molar-refractivity contribution in [2.75, 3.05) is 7.11 Å². The summed E-state index contributed by atoms with van der Waals surface area (Å²) >= 11 is 0. The summed E-state index contributed by atoms with van der Waals surface area (Å²) in [6.07, 6.45) is 4.95. The molecule has 0 fully saturated rings. The summed E-state index contributed by atoms with van der Waals surface area (Å²) in [5.41, 5.74) is 0.891. The molecular weight excluding hydrogens is 372 g/mol. The normalized spacial score (nSPS) is 11.3. The zero-order chi connectivity index (χ0) is 19.4. The number of methoxy groups -OCH3 is 1. The van der Waals surface area contributed by atoms with Gasteiger partial charge in [0.15, 0.2) is 4.90 Å². The third-order valence-corrected chi connectivity index (χ3v) is 5.33. The average Bonchev–Trinajstić information content (AvgIpc) is 3.20. The van der Waals surface area contributed by atoms with Gasteiger partial charge in [0.2, 0.25) is 10.0 Å². The lowest BCUT2D eigenvalue weighted by Crippen LogP contribution is -2.24. The summed E-state index contributed by atoms with van der Waals surface area (Å²) in [6.45, 7) is -0.0418. The molecular formula is C17H16N4O5S. The van der Waals surface area contributed by atoms with Gasteiger partial charge in [-0.3, -0.25) is 10.1 Å². The highest BCUT2D eigenvalue weighted by atomic mass is 32.2. The highest BCUT2D eigenvalue weighted by Crippen LogP contribution is 2.28. The zero-order valence-corrected chi connectivity index (χ0v) is 15.1. The molecule has 0 aliphatic rings. The van der Waals surface area contributed by atoms with E-state index in [0.29, 0.717) is 5.56 Å². The van der Waals surface area contributed by atoms with Gasteiger partial charge in [0.1, 0.15) is 5.75 Å². The molecule has 0 unspecified atom stereocenters. The van der Waals surface area contributed by atoms with E-state index < -0.39 is 25.5 Å². The summed E-state index contributed by atoms with van der Waals surface area (Å²) in [5.74, 6) is 0.200. The fraction of sp³-hybridized carbons (Fsp3) is 0.118. The van der Waals surface area contributed by atoms with E-state index in [1.807, 2.05) is 12.1 Å². The fourth-order valence-electron chi connectivity index (χ4n) is 2.56. The molecule has 3 aromatic rings. The number of benzene rings is 2. The molecule has 0 radical (unpaired) electrons. The Morgan fingerprint density at radius 3 is 2.70 bits per heavy atom. The Labute approximate surface area is 155 Å². The SMILES string of the molecule is COc1ccc(S(=O)(=O)NCc2ccccc2-n2ccnc2)c([N+](=O)[O-])c1. The van der Waals surface area contributed by atoms with Crippen LogP contribution in [0.1, 0.15) is 5.56 Å². The second-order valence-electron chi connectivity index (χ2n) is 5.51. The Morgan fingerprint density at radius 2 is 2.04 bits per heavy atom. The van der Waals surface area contributed by atoms with Gasteiger partial charge in [-0.25, -0.2) is 18.1 Å². The Hall–Kier alpha value is -3.24. The molecule has 0 aliphatic heterocycles. The maximum absolute atomic E-state index is 12.7. The van der Waals surface area contributed by atoms with Crippen LogP contribution < -0.4 is 9.46 Å². The van der Waals surface area contributed by atoms with Gasteiger partial charge in [0.05, 0.1) is 30.1 Å². The number of nitro benzene ring substituents is 1. The van der Waals surface area contributed by atoms with Gasteiger partial charge in [-0.1, -0.05) is 18.2 Å². The summed E-state index contributed by atoms with van der Waals surface area (Å²) < 4.78 is 34.4. The average molecular weight is 388 g/mol. The first-order valence-corrected chi connectivity index (χ1v) is 9.29. The Kier molecular flexibility index (Phi) is 5.19. The number of nitro groups is 1. The van der Waals surface area contributed by atoms with Gasteiger partial charge >= 0.3 is 0 Å². The quantitative estimate of drug-likeness (QED) is 0.490. The van der Waals surface area contributed by atoms with Gasteiger partial charge in [0, 0.05) is 18.9 Å². The summed E-state index contributed by atoms with van der Waals surface area (Å²) in [7, 11) is -2.77. The molecule has 1 N–H and O–H groups in total. The minimum atomic E-state index is -4.12. The molecule has 0 atom stereocenters. The third kappa shape index (κ3) is 3.96. The number of hydrogen-bond donors (Lipinski definition) is 1. The van der Waals surface area contributed by atoms with Gasteiger partial charge in [-0.2, -0.15) is 0 Å². The molecule has 0 saturated carbocycles. The Morgan fingerprint density at radius 1 is 1.26 bits per heavy atom. The number of ether oxygens (including phenoxy) is 1. The molecule has 3 rings (SSSR count). The van der Waals surface area contributed by atoms with E-state index >= 15 is 0 Å². The van der Waals surface area contributed by atoms with Crippen LogP contribution in [-0.2, 0) is 16.6 Å². The number of nitrogens with zero attached hydrogens (tertiary/aromatic N) is 3. The molecule has 10 heteroatoms. The van der Waals surface area contributed by atoms with Crippen LogP contribution in [0.25, 0.3) is 5.69 Å². The van der Waals surface area contributed by atoms with Gasteiger partial charge in [0.25, 0.3) is 5.69 Å². The van der Waals surface area contributed by atoms with Crippen molar-refractivity contribution < 1.29 is 18.1 Å². The van der Waals surface area contributed by atoms with Crippen molar-refractivity contribution in [3.8, 4) is 11.4 Å². The maximum Gasteiger partial charge on any atom is 0.293 e. The standard InChI is InChI=1S/C17H16N4O5S/c1-26-14-6-7-17(16(10-14)21(22)23)27(24,25)19-11-13-4-2-3-5-15(13)20-9-8-18-12-20/h2-10,12,19H,11H2,1H3. The highest BCUT2D eigenvalue weighted by Gasteiger charge is 2.26. The lowest BCUT2D eigenvalue weighted by atomic mass is 10.2. The molecule has 140 valence electrons. The van der Waals surface area contributed by atoms with E-state index in [1.165, 1.54) is 13.2 Å².